The molecule has 3 heteroatoms. The van der Waals surface area contributed by atoms with Crippen LogP contribution < -0.4 is 5.73 Å². The van der Waals surface area contributed by atoms with Crippen LogP contribution >= 0.6 is 0 Å². The van der Waals surface area contributed by atoms with Crippen LogP contribution in [-0.2, 0) is 0 Å². The lowest BCUT2D eigenvalue weighted by Crippen LogP contribution is -1.85. The van der Waals surface area contributed by atoms with E-state index < -0.39 is 0 Å². The predicted octanol–water partition coefficient (Wildman–Crippen LogP) is 3.69. The van der Waals surface area contributed by atoms with Gasteiger partial charge in [0.2, 0.25) is 5.89 Å². The van der Waals surface area contributed by atoms with Crippen molar-refractivity contribution in [1.29, 1.82) is 0 Å². The van der Waals surface area contributed by atoms with Crippen molar-refractivity contribution in [2.24, 2.45) is 0 Å². The average Bonchev–Trinajstić information content (AvgIpc) is 2.73. The van der Waals surface area contributed by atoms with Crippen LogP contribution in [0.5, 0.6) is 0 Å². The maximum absolute atomic E-state index is 5.83. The first kappa shape index (κ1) is 10.8. The number of nitrogen functional groups attached to an aromatic ring is 1. The Morgan fingerprint density at radius 2 is 1.94 bits per heavy atom. The van der Waals surface area contributed by atoms with E-state index in [0.717, 1.165) is 22.2 Å². The molecule has 0 aliphatic carbocycles. The Morgan fingerprint density at radius 1 is 1.11 bits per heavy atom. The Balaban J connectivity index is 2.22. The Labute approximate surface area is 105 Å². The molecule has 0 fully saturated rings. The van der Waals surface area contributed by atoms with E-state index in [1.54, 1.807) is 0 Å². The van der Waals surface area contributed by atoms with Gasteiger partial charge in [-0.05, 0) is 43.7 Å². The van der Waals surface area contributed by atoms with Crippen molar-refractivity contribution >= 4 is 16.8 Å². The molecule has 3 nitrogen and oxygen atoms in total. The lowest BCUT2D eigenvalue weighted by molar-refractivity contribution is 0.617. The zero-order valence-corrected chi connectivity index (χ0v) is 10.4. The summed E-state index contributed by atoms with van der Waals surface area (Å²) in [6, 6.07) is 11.8. The van der Waals surface area contributed by atoms with Gasteiger partial charge in [0.25, 0.3) is 0 Å². The van der Waals surface area contributed by atoms with Crippen LogP contribution in [0.25, 0.3) is 22.6 Å². The van der Waals surface area contributed by atoms with E-state index in [4.69, 9.17) is 10.2 Å². The summed E-state index contributed by atoms with van der Waals surface area (Å²) in [5, 5.41) is 0. The fourth-order valence-electron chi connectivity index (χ4n) is 2.13. The highest BCUT2D eigenvalue weighted by molar-refractivity contribution is 5.82. The van der Waals surface area contributed by atoms with E-state index >= 15 is 0 Å². The van der Waals surface area contributed by atoms with Gasteiger partial charge < -0.3 is 10.2 Å². The fourth-order valence-corrected chi connectivity index (χ4v) is 2.13. The van der Waals surface area contributed by atoms with Gasteiger partial charge in [-0.3, -0.25) is 0 Å². The summed E-state index contributed by atoms with van der Waals surface area (Å²) in [5.41, 5.74) is 11.3. The van der Waals surface area contributed by atoms with Crippen molar-refractivity contribution in [3.05, 3.63) is 47.5 Å². The second-order valence-corrected chi connectivity index (χ2v) is 4.57. The number of hydrogen-bond acceptors (Lipinski definition) is 3. The maximum Gasteiger partial charge on any atom is 0.227 e. The molecule has 3 rings (SSSR count). The molecule has 0 amide bonds. The number of benzene rings is 2. The second kappa shape index (κ2) is 3.88. The van der Waals surface area contributed by atoms with Crippen molar-refractivity contribution in [2.75, 3.05) is 5.73 Å². The van der Waals surface area contributed by atoms with Crippen LogP contribution in [0.15, 0.2) is 40.8 Å². The van der Waals surface area contributed by atoms with Gasteiger partial charge in [0.1, 0.15) is 5.52 Å². The maximum atomic E-state index is 5.83. The van der Waals surface area contributed by atoms with Gasteiger partial charge in [-0.1, -0.05) is 17.7 Å². The standard InChI is InChI=1S/C15H14N2O/c1-9-4-3-5-11(6-9)15-17-13-8-12(16)7-10(2)14(13)18-15/h3-8H,16H2,1-2H3. The molecular formula is C15H14N2O. The third kappa shape index (κ3) is 1.74. The summed E-state index contributed by atoms with van der Waals surface area (Å²) in [6.45, 7) is 4.03. The van der Waals surface area contributed by atoms with Crippen molar-refractivity contribution in [3.63, 3.8) is 0 Å². The number of nitrogens with two attached hydrogens (primary N) is 1. The van der Waals surface area contributed by atoms with Crippen LogP contribution in [0.4, 0.5) is 5.69 Å². The third-order valence-electron chi connectivity index (χ3n) is 2.96. The van der Waals surface area contributed by atoms with E-state index in [-0.39, 0.29) is 0 Å². The van der Waals surface area contributed by atoms with E-state index in [0.29, 0.717) is 11.6 Å². The molecule has 1 heterocycles. The molecule has 0 aliphatic heterocycles. The minimum atomic E-state index is 0.641. The number of fused-ring (bicyclic) bond motifs is 1. The largest absolute Gasteiger partial charge is 0.436 e. The van der Waals surface area contributed by atoms with Gasteiger partial charge >= 0.3 is 0 Å². The lowest BCUT2D eigenvalue weighted by Gasteiger charge is -1.96. The van der Waals surface area contributed by atoms with Crippen LogP contribution in [0.1, 0.15) is 11.1 Å². The SMILES string of the molecule is Cc1cccc(-c2nc3cc(N)cc(C)c3o2)c1. The van der Waals surface area contributed by atoms with Gasteiger partial charge in [0, 0.05) is 11.3 Å². The Bertz CT molecular complexity index is 728. The molecule has 2 N–H and O–H groups in total. The summed E-state index contributed by atoms with van der Waals surface area (Å²) in [5.74, 6) is 0.641. The van der Waals surface area contributed by atoms with Gasteiger partial charge in [-0.15, -0.1) is 0 Å². The van der Waals surface area contributed by atoms with Crippen molar-refractivity contribution < 1.29 is 4.42 Å². The second-order valence-electron chi connectivity index (χ2n) is 4.57. The normalized spacial score (nSPS) is 11.0. The van der Waals surface area contributed by atoms with Gasteiger partial charge in [-0.25, -0.2) is 4.98 Å². The van der Waals surface area contributed by atoms with Crippen molar-refractivity contribution in [1.82, 2.24) is 4.98 Å². The minimum Gasteiger partial charge on any atom is -0.436 e. The molecule has 0 saturated heterocycles. The number of rotatable bonds is 1. The molecule has 0 aliphatic rings. The molecule has 0 unspecified atom stereocenters. The topological polar surface area (TPSA) is 52.0 Å². The zero-order valence-electron chi connectivity index (χ0n) is 10.4. The highest BCUT2D eigenvalue weighted by Gasteiger charge is 2.10. The summed E-state index contributed by atoms with van der Waals surface area (Å²) >= 11 is 0. The number of hydrogen-bond donors (Lipinski definition) is 1. The van der Waals surface area contributed by atoms with Gasteiger partial charge in [-0.2, -0.15) is 0 Å². The van der Waals surface area contributed by atoms with Crippen molar-refractivity contribution in [2.45, 2.75) is 13.8 Å². The number of aryl methyl sites for hydroxylation is 2. The van der Waals surface area contributed by atoms with Crippen LogP contribution in [-0.4, -0.2) is 4.98 Å². The number of oxazole rings is 1. The lowest BCUT2D eigenvalue weighted by atomic mass is 10.1. The fraction of sp³-hybridized carbons (Fsp3) is 0.133. The Morgan fingerprint density at radius 3 is 2.72 bits per heavy atom. The Kier molecular flexibility index (Phi) is 2.33. The van der Waals surface area contributed by atoms with E-state index in [1.165, 1.54) is 5.56 Å². The van der Waals surface area contributed by atoms with Gasteiger partial charge in [0.05, 0.1) is 0 Å². The van der Waals surface area contributed by atoms with E-state index in [2.05, 4.69) is 24.0 Å². The Hall–Kier alpha value is -2.29. The molecule has 0 atom stereocenters. The zero-order chi connectivity index (χ0) is 12.7. The van der Waals surface area contributed by atoms with Crippen LogP contribution in [0.2, 0.25) is 0 Å². The van der Waals surface area contributed by atoms with Crippen LogP contribution in [0, 0.1) is 13.8 Å². The van der Waals surface area contributed by atoms with Crippen molar-refractivity contribution in [3.8, 4) is 11.5 Å². The quantitative estimate of drug-likeness (QED) is 0.658. The molecular weight excluding hydrogens is 224 g/mol. The first-order valence-electron chi connectivity index (χ1n) is 5.87. The first-order valence-corrected chi connectivity index (χ1v) is 5.87. The monoisotopic (exact) mass is 238 g/mol. The highest BCUT2D eigenvalue weighted by atomic mass is 16.3. The van der Waals surface area contributed by atoms with Crippen LogP contribution in [0.3, 0.4) is 0 Å². The molecule has 0 bridgehead atoms. The molecule has 0 saturated carbocycles. The summed E-state index contributed by atoms with van der Waals surface area (Å²) in [6.07, 6.45) is 0. The average molecular weight is 238 g/mol. The first-order chi connectivity index (χ1) is 8.63. The molecule has 18 heavy (non-hydrogen) atoms. The summed E-state index contributed by atoms with van der Waals surface area (Å²) in [7, 11) is 0. The number of anilines is 1. The summed E-state index contributed by atoms with van der Waals surface area (Å²) in [4.78, 5) is 4.50. The molecule has 90 valence electrons. The summed E-state index contributed by atoms with van der Waals surface area (Å²) < 4.78 is 5.83. The molecule has 1 aromatic heterocycles. The molecule has 0 spiro atoms. The number of aromatic nitrogens is 1. The molecule has 0 radical (unpaired) electrons. The van der Waals surface area contributed by atoms with E-state index in [9.17, 15) is 0 Å². The number of nitrogens with zero attached hydrogens (tertiary/aromatic N) is 1. The predicted molar refractivity (Wildman–Crippen MR) is 73.3 cm³/mol. The third-order valence-corrected chi connectivity index (χ3v) is 2.96. The van der Waals surface area contributed by atoms with E-state index in [1.807, 2.05) is 31.2 Å². The molecule has 2 aromatic carbocycles. The van der Waals surface area contributed by atoms with Gasteiger partial charge in [0.15, 0.2) is 5.58 Å². The smallest absolute Gasteiger partial charge is 0.227 e. The molecule has 3 aromatic rings. The minimum absolute atomic E-state index is 0.641. The highest BCUT2D eigenvalue weighted by Crippen LogP contribution is 2.28.